The first-order chi connectivity index (χ1) is 11.3. The zero-order chi connectivity index (χ0) is 18.5. The third-order valence-corrected chi connectivity index (χ3v) is 3.05. The van der Waals surface area contributed by atoms with Crippen molar-refractivity contribution in [3.05, 3.63) is 0 Å². The van der Waals surface area contributed by atoms with Gasteiger partial charge in [0, 0.05) is 13.1 Å². The molecule has 1 amide bonds. The fourth-order valence-electron chi connectivity index (χ4n) is 1.82. The maximum Gasteiger partial charge on any atom is 0.328 e. The Hall–Kier alpha value is -2.56. The van der Waals surface area contributed by atoms with Crippen molar-refractivity contribution >= 4 is 23.8 Å². The number of nitrogens with zero attached hydrogens (tertiary/aromatic N) is 2. The molecule has 0 aromatic rings. The van der Waals surface area contributed by atoms with Crippen LogP contribution in [0.4, 0.5) is 0 Å². The van der Waals surface area contributed by atoms with Gasteiger partial charge in [0.1, 0.15) is 6.04 Å². The summed E-state index contributed by atoms with van der Waals surface area (Å²) < 4.78 is 4.67. The second-order valence-corrected chi connectivity index (χ2v) is 5.09. The molecule has 0 rings (SSSR count). The molecule has 0 aromatic carbocycles. The highest BCUT2D eigenvalue weighted by atomic mass is 16.5. The molecule has 24 heavy (non-hydrogen) atoms. The van der Waals surface area contributed by atoms with Gasteiger partial charge in [0.05, 0.1) is 13.2 Å². The minimum absolute atomic E-state index is 0.0143. The van der Waals surface area contributed by atoms with Crippen molar-refractivity contribution in [1.82, 2.24) is 5.32 Å². The average Bonchev–Trinajstić information content (AvgIpc) is 2.52. The molecule has 0 fully saturated rings. The normalized spacial score (nSPS) is 12.6. The highest BCUT2D eigenvalue weighted by Gasteiger charge is 2.23. The first kappa shape index (κ1) is 21.4. The van der Waals surface area contributed by atoms with E-state index in [4.69, 9.17) is 28.7 Å². The Morgan fingerprint density at radius 3 is 1.96 bits per heavy atom. The Balaban J connectivity index is 4.39. The fraction of sp³-hybridized carbons (Fsp3) is 0.692. The van der Waals surface area contributed by atoms with E-state index in [0.717, 1.165) is 0 Å². The lowest BCUT2D eigenvalue weighted by Crippen LogP contribution is -2.48. The van der Waals surface area contributed by atoms with Crippen molar-refractivity contribution in [2.45, 2.75) is 37.8 Å². The Labute approximate surface area is 141 Å². The Bertz CT molecular complexity index is 458. The van der Waals surface area contributed by atoms with Gasteiger partial charge in [-0.2, -0.15) is 0 Å². The molecule has 0 spiro atoms. The van der Waals surface area contributed by atoms with Gasteiger partial charge in [-0.1, -0.05) is 0 Å². The molecule has 0 aromatic heterocycles. The Kier molecular flexibility index (Phi) is 10.7. The molecule has 0 radical (unpaired) electrons. The quantitative estimate of drug-likeness (QED) is 0.0986. The highest BCUT2D eigenvalue weighted by molar-refractivity contribution is 5.87. The van der Waals surface area contributed by atoms with E-state index in [2.05, 4.69) is 20.0 Å². The standard InChI is InChI=1S/C13H28N8O3/c1-24-11(23)9(5-3-7-20-13(17)18)21-10(22)8(14)4-2-6-19-12(15)16/h8-9H,2-7,14H2,1H3,(H,21,22)(H4,15,16,19)(H4,17,18,20)/t8-,9-/m0/s1. The third kappa shape index (κ3) is 10.2. The van der Waals surface area contributed by atoms with E-state index in [0.29, 0.717) is 38.8 Å². The number of ether oxygens (including phenoxy) is 1. The lowest BCUT2D eigenvalue weighted by Gasteiger charge is -2.18. The van der Waals surface area contributed by atoms with Crippen LogP contribution >= 0.6 is 0 Å². The van der Waals surface area contributed by atoms with Gasteiger partial charge in [0.15, 0.2) is 11.9 Å². The number of esters is 1. The predicted octanol–water partition coefficient (Wildman–Crippen LogP) is -2.92. The second-order valence-electron chi connectivity index (χ2n) is 5.09. The van der Waals surface area contributed by atoms with Crippen molar-refractivity contribution in [3.63, 3.8) is 0 Å². The number of aliphatic imine (C=N–C) groups is 2. The molecule has 11 N–H and O–H groups in total. The topological polar surface area (TPSA) is 210 Å². The number of nitrogens with two attached hydrogens (primary N) is 5. The fourth-order valence-corrected chi connectivity index (χ4v) is 1.82. The lowest BCUT2D eigenvalue weighted by atomic mass is 10.1. The highest BCUT2D eigenvalue weighted by Crippen LogP contribution is 2.03. The minimum Gasteiger partial charge on any atom is -0.467 e. The number of hydrogen-bond donors (Lipinski definition) is 6. The summed E-state index contributed by atoms with van der Waals surface area (Å²) in [6, 6.07) is -1.58. The molecule has 11 nitrogen and oxygen atoms in total. The van der Waals surface area contributed by atoms with E-state index in [-0.39, 0.29) is 11.9 Å². The van der Waals surface area contributed by atoms with Gasteiger partial charge in [0.2, 0.25) is 5.91 Å². The van der Waals surface area contributed by atoms with E-state index in [1.54, 1.807) is 0 Å². The van der Waals surface area contributed by atoms with Crippen molar-refractivity contribution in [2.75, 3.05) is 20.2 Å². The van der Waals surface area contributed by atoms with Crippen molar-refractivity contribution in [3.8, 4) is 0 Å². The Morgan fingerprint density at radius 1 is 1.00 bits per heavy atom. The van der Waals surface area contributed by atoms with E-state index in [1.807, 2.05) is 0 Å². The van der Waals surface area contributed by atoms with Crippen LogP contribution in [0.1, 0.15) is 25.7 Å². The number of amides is 1. The summed E-state index contributed by atoms with van der Waals surface area (Å²) in [7, 11) is 1.24. The molecule has 11 heteroatoms. The molecule has 2 atom stereocenters. The number of methoxy groups -OCH3 is 1. The van der Waals surface area contributed by atoms with Crippen LogP contribution in [-0.2, 0) is 14.3 Å². The zero-order valence-electron chi connectivity index (χ0n) is 13.9. The number of nitrogens with one attached hydrogen (secondary N) is 1. The molecule has 0 aliphatic rings. The van der Waals surface area contributed by atoms with Gasteiger partial charge in [-0.3, -0.25) is 14.8 Å². The monoisotopic (exact) mass is 344 g/mol. The summed E-state index contributed by atoms with van der Waals surface area (Å²) in [6.07, 6.45) is 1.75. The van der Waals surface area contributed by atoms with Gasteiger partial charge in [-0.15, -0.1) is 0 Å². The van der Waals surface area contributed by atoms with Gasteiger partial charge >= 0.3 is 5.97 Å². The molecular weight excluding hydrogens is 316 g/mol. The predicted molar refractivity (Wildman–Crippen MR) is 91.7 cm³/mol. The summed E-state index contributed by atoms with van der Waals surface area (Å²) in [5.41, 5.74) is 26.6. The maximum absolute atomic E-state index is 12.0. The van der Waals surface area contributed by atoms with Gasteiger partial charge in [-0.05, 0) is 25.7 Å². The van der Waals surface area contributed by atoms with Crippen LogP contribution in [-0.4, -0.2) is 56.1 Å². The summed E-state index contributed by atoms with van der Waals surface area (Å²) in [5, 5.41) is 2.57. The van der Waals surface area contributed by atoms with E-state index in [9.17, 15) is 9.59 Å². The first-order valence-electron chi connectivity index (χ1n) is 7.52. The largest absolute Gasteiger partial charge is 0.467 e. The summed E-state index contributed by atoms with van der Waals surface area (Å²) in [4.78, 5) is 31.4. The summed E-state index contributed by atoms with van der Waals surface area (Å²) >= 11 is 0. The Morgan fingerprint density at radius 2 is 1.50 bits per heavy atom. The van der Waals surface area contributed by atoms with Crippen LogP contribution < -0.4 is 34.0 Å². The van der Waals surface area contributed by atoms with E-state index in [1.165, 1.54) is 7.11 Å². The molecule has 0 unspecified atom stereocenters. The zero-order valence-corrected chi connectivity index (χ0v) is 13.9. The van der Waals surface area contributed by atoms with E-state index < -0.39 is 24.0 Å². The SMILES string of the molecule is COC(=O)[C@H](CCCN=C(N)N)NC(=O)[C@@H](N)CCCN=C(N)N. The lowest BCUT2D eigenvalue weighted by molar-refractivity contribution is -0.145. The molecule has 0 heterocycles. The molecule has 0 bridgehead atoms. The van der Waals surface area contributed by atoms with Crippen LogP contribution in [0.2, 0.25) is 0 Å². The van der Waals surface area contributed by atoms with E-state index >= 15 is 0 Å². The number of rotatable bonds is 11. The summed E-state index contributed by atoms with van der Waals surface area (Å²) in [6.45, 7) is 0.721. The molecular formula is C13H28N8O3. The van der Waals surface area contributed by atoms with Crippen LogP contribution in [0, 0.1) is 0 Å². The average molecular weight is 344 g/mol. The van der Waals surface area contributed by atoms with Crippen LogP contribution in [0.25, 0.3) is 0 Å². The molecule has 138 valence electrons. The summed E-state index contributed by atoms with van der Waals surface area (Å²) in [5.74, 6) is -1.05. The van der Waals surface area contributed by atoms with Crippen molar-refractivity contribution in [1.29, 1.82) is 0 Å². The molecule has 0 saturated carbocycles. The maximum atomic E-state index is 12.0. The van der Waals surface area contributed by atoms with Crippen molar-refractivity contribution in [2.24, 2.45) is 38.7 Å². The third-order valence-electron chi connectivity index (χ3n) is 3.05. The second kappa shape index (κ2) is 11.9. The van der Waals surface area contributed by atoms with Crippen LogP contribution in [0.5, 0.6) is 0 Å². The van der Waals surface area contributed by atoms with Gasteiger partial charge in [-0.25, -0.2) is 4.79 Å². The molecule has 0 aliphatic carbocycles. The van der Waals surface area contributed by atoms with Crippen LogP contribution in [0.3, 0.4) is 0 Å². The smallest absolute Gasteiger partial charge is 0.328 e. The van der Waals surface area contributed by atoms with Gasteiger partial charge < -0.3 is 38.7 Å². The molecule has 0 aliphatic heterocycles. The first-order valence-corrected chi connectivity index (χ1v) is 7.52. The van der Waals surface area contributed by atoms with Crippen molar-refractivity contribution < 1.29 is 14.3 Å². The number of guanidine groups is 2. The van der Waals surface area contributed by atoms with Crippen LogP contribution in [0.15, 0.2) is 9.98 Å². The number of carbonyl (C=O) groups is 2. The number of hydrogen-bond acceptors (Lipinski definition) is 6. The minimum atomic E-state index is -0.805. The van der Waals surface area contributed by atoms with Gasteiger partial charge in [0.25, 0.3) is 0 Å². The molecule has 0 saturated heterocycles. The number of carbonyl (C=O) groups excluding carboxylic acids is 2.